The molecule has 1 aliphatic rings. The summed E-state index contributed by atoms with van der Waals surface area (Å²) in [5, 5.41) is 4.17. The molecular formula is C20H22N4OS. The third-order valence-corrected chi connectivity index (χ3v) is 5.44. The number of nitrogens with one attached hydrogen (secondary N) is 1. The smallest absolute Gasteiger partial charge is 0.255 e. The third-order valence-electron chi connectivity index (χ3n) is 4.76. The van der Waals surface area contributed by atoms with E-state index >= 15 is 0 Å². The molecule has 5 nitrogen and oxygen atoms in total. The quantitative estimate of drug-likeness (QED) is 0.767. The first-order valence-corrected chi connectivity index (χ1v) is 9.86. The second-order valence-corrected chi connectivity index (χ2v) is 7.84. The number of thiophene rings is 1. The Morgan fingerprint density at radius 3 is 2.88 bits per heavy atom. The first-order valence-electron chi connectivity index (χ1n) is 8.92. The minimum absolute atomic E-state index is 0.00864. The fourth-order valence-electron chi connectivity index (χ4n) is 3.27. The molecule has 0 radical (unpaired) electrons. The topological polar surface area (TPSA) is 61.9 Å². The number of hydrogen-bond donors (Lipinski definition) is 1. The molecule has 6 heteroatoms. The predicted octanol–water partition coefficient (Wildman–Crippen LogP) is 3.58. The molecule has 0 saturated carbocycles. The number of H-pyrrole nitrogens is 1. The molecule has 4 rings (SSSR count). The summed E-state index contributed by atoms with van der Waals surface area (Å²) in [4.78, 5) is 26.9. The molecule has 26 heavy (non-hydrogen) atoms. The number of aromatic nitrogens is 3. The van der Waals surface area contributed by atoms with E-state index in [9.17, 15) is 4.79 Å². The molecule has 3 aromatic rings. The molecule has 3 aromatic heterocycles. The number of nitrogens with zero attached hydrogens (tertiary/aromatic N) is 3. The van der Waals surface area contributed by atoms with Crippen molar-refractivity contribution in [1.82, 2.24) is 19.9 Å². The van der Waals surface area contributed by atoms with Crippen molar-refractivity contribution >= 4 is 11.3 Å². The van der Waals surface area contributed by atoms with Gasteiger partial charge >= 0.3 is 0 Å². The zero-order valence-electron chi connectivity index (χ0n) is 15.0. The molecule has 4 heterocycles. The molecule has 1 N–H and O–H groups in total. The van der Waals surface area contributed by atoms with E-state index in [0.717, 1.165) is 53.4 Å². The van der Waals surface area contributed by atoms with E-state index in [1.807, 2.05) is 20.0 Å². The highest BCUT2D eigenvalue weighted by molar-refractivity contribution is 7.08. The Morgan fingerprint density at radius 1 is 1.31 bits per heavy atom. The number of aromatic amines is 1. The van der Waals surface area contributed by atoms with E-state index < -0.39 is 0 Å². The van der Waals surface area contributed by atoms with Gasteiger partial charge in [-0.1, -0.05) is 19.9 Å². The highest BCUT2D eigenvalue weighted by Crippen LogP contribution is 2.21. The summed E-state index contributed by atoms with van der Waals surface area (Å²) in [5.41, 5.74) is 5.10. The summed E-state index contributed by atoms with van der Waals surface area (Å²) in [6.45, 7) is 6.44. The monoisotopic (exact) mass is 366 g/mol. The fraction of sp³-hybridized carbons (Fsp3) is 0.350. The van der Waals surface area contributed by atoms with Crippen LogP contribution in [0.3, 0.4) is 0 Å². The summed E-state index contributed by atoms with van der Waals surface area (Å²) < 4.78 is 0. The van der Waals surface area contributed by atoms with Crippen LogP contribution in [-0.4, -0.2) is 26.4 Å². The summed E-state index contributed by atoms with van der Waals surface area (Å²) in [5.74, 6) is 1.02. The van der Waals surface area contributed by atoms with Gasteiger partial charge in [0.25, 0.3) is 5.56 Å². The molecule has 0 bridgehead atoms. The van der Waals surface area contributed by atoms with Gasteiger partial charge in [0, 0.05) is 49.1 Å². The van der Waals surface area contributed by atoms with Crippen molar-refractivity contribution in [3.8, 4) is 11.3 Å². The Morgan fingerprint density at radius 2 is 2.19 bits per heavy atom. The van der Waals surface area contributed by atoms with Crippen molar-refractivity contribution in [3.05, 3.63) is 68.2 Å². The molecule has 0 fully saturated rings. The van der Waals surface area contributed by atoms with Crippen LogP contribution in [0.2, 0.25) is 0 Å². The van der Waals surface area contributed by atoms with Crippen molar-refractivity contribution in [2.75, 3.05) is 6.54 Å². The number of hydrogen-bond acceptors (Lipinski definition) is 5. The maximum atomic E-state index is 12.4. The molecular weight excluding hydrogens is 344 g/mol. The Hall–Kier alpha value is -2.31. The van der Waals surface area contributed by atoms with E-state index in [2.05, 4.69) is 48.8 Å². The Balaban J connectivity index is 1.48. The van der Waals surface area contributed by atoms with Gasteiger partial charge in [0.15, 0.2) is 0 Å². The van der Waals surface area contributed by atoms with Gasteiger partial charge in [0.05, 0.1) is 17.0 Å². The van der Waals surface area contributed by atoms with Crippen LogP contribution in [0.1, 0.15) is 42.4 Å². The normalized spacial score (nSPS) is 14.6. The van der Waals surface area contributed by atoms with Crippen LogP contribution < -0.4 is 5.56 Å². The SMILES string of the molecule is CC(C)c1nc2c(c(=O)[nH]1)CN(Cc1ccc(-c3ccsc3)nc1)CC2. The second kappa shape index (κ2) is 7.13. The van der Waals surface area contributed by atoms with Gasteiger partial charge < -0.3 is 4.98 Å². The molecule has 134 valence electrons. The maximum Gasteiger partial charge on any atom is 0.255 e. The van der Waals surface area contributed by atoms with Crippen molar-refractivity contribution < 1.29 is 0 Å². The highest BCUT2D eigenvalue weighted by Gasteiger charge is 2.21. The van der Waals surface area contributed by atoms with E-state index in [1.54, 1.807) is 11.3 Å². The van der Waals surface area contributed by atoms with E-state index in [-0.39, 0.29) is 11.5 Å². The van der Waals surface area contributed by atoms with Crippen LogP contribution in [0.4, 0.5) is 0 Å². The van der Waals surface area contributed by atoms with Crippen molar-refractivity contribution in [3.63, 3.8) is 0 Å². The Bertz CT molecular complexity index is 945. The van der Waals surface area contributed by atoms with Crippen LogP contribution in [0.5, 0.6) is 0 Å². The van der Waals surface area contributed by atoms with Crippen LogP contribution in [0, 0.1) is 0 Å². The number of pyridine rings is 1. The average molecular weight is 366 g/mol. The summed E-state index contributed by atoms with van der Waals surface area (Å²) in [6.07, 6.45) is 2.76. The fourth-order valence-corrected chi connectivity index (χ4v) is 3.92. The molecule has 0 amide bonds. The van der Waals surface area contributed by atoms with Crippen molar-refractivity contribution in [2.24, 2.45) is 0 Å². The molecule has 0 spiro atoms. The lowest BCUT2D eigenvalue weighted by molar-refractivity contribution is 0.241. The zero-order valence-corrected chi connectivity index (χ0v) is 15.8. The number of rotatable bonds is 4. The zero-order chi connectivity index (χ0) is 18.1. The first kappa shape index (κ1) is 17.1. The summed E-state index contributed by atoms with van der Waals surface area (Å²) >= 11 is 1.68. The van der Waals surface area contributed by atoms with Crippen LogP contribution in [0.25, 0.3) is 11.3 Å². The molecule has 0 aliphatic carbocycles. The molecule has 0 unspecified atom stereocenters. The van der Waals surface area contributed by atoms with Crippen molar-refractivity contribution in [2.45, 2.75) is 39.3 Å². The standard InChI is InChI=1S/C20H22N4OS/c1-13(2)19-22-18-5-7-24(11-16(18)20(25)23-19)10-14-3-4-17(21-9-14)15-6-8-26-12-15/h3-4,6,8-9,12-13H,5,7,10-11H2,1-2H3,(H,22,23,25). The van der Waals surface area contributed by atoms with Crippen molar-refractivity contribution in [1.29, 1.82) is 0 Å². The van der Waals surface area contributed by atoms with Gasteiger partial charge in [0.2, 0.25) is 0 Å². The molecule has 0 aromatic carbocycles. The highest BCUT2D eigenvalue weighted by atomic mass is 32.1. The second-order valence-electron chi connectivity index (χ2n) is 7.06. The summed E-state index contributed by atoms with van der Waals surface area (Å²) in [7, 11) is 0. The lowest BCUT2D eigenvalue weighted by Crippen LogP contribution is -2.36. The number of fused-ring (bicyclic) bond motifs is 1. The van der Waals surface area contributed by atoms with Gasteiger partial charge in [-0.3, -0.25) is 14.7 Å². The molecule has 1 aliphatic heterocycles. The Kier molecular flexibility index (Phi) is 4.70. The lowest BCUT2D eigenvalue weighted by atomic mass is 10.1. The average Bonchev–Trinajstić information content (AvgIpc) is 3.17. The van der Waals surface area contributed by atoms with Gasteiger partial charge in [0.1, 0.15) is 5.82 Å². The third kappa shape index (κ3) is 3.48. The van der Waals surface area contributed by atoms with Crippen LogP contribution in [0.15, 0.2) is 40.0 Å². The Labute approximate surface area is 156 Å². The van der Waals surface area contributed by atoms with Gasteiger partial charge in [-0.25, -0.2) is 4.98 Å². The largest absolute Gasteiger partial charge is 0.310 e. The van der Waals surface area contributed by atoms with E-state index in [0.29, 0.717) is 6.54 Å². The van der Waals surface area contributed by atoms with Crippen LogP contribution in [-0.2, 0) is 19.5 Å². The maximum absolute atomic E-state index is 12.4. The van der Waals surface area contributed by atoms with Gasteiger partial charge in [-0.15, -0.1) is 0 Å². The lowest BCUT2D eigenvalue weighted by Gasteiger charge is -2.27. The minimum atomic E-state index is 0.00864. The molecule has 0 saturated heterocycles. The van der Waals surface area contributed by atoms with Gasteiger partial charge in [-0.2, -0.15) is 11.3 Å². The van der Waals surface area contributed by atoms with E-state index in [4.69, 9.17) is 0 Å². The minimum Gasteiger partial charge on any atom is -0.310 e. The van der Waals surface area contributed by atoms with Gasteiger partial charge in [-0.05, 0) is 23.1 Å². The molecule has 0 atom stereocenters. The first-order chi connectivity index (χ1) is 12.6. The van der Waals surface area contributed by atoms with E-state index in [1.165, 1.54) is 0 Å². The predicted molar refractivity (Wildman–Crippen MR) is 104 cm³/mol. The summed E-state index contributed by atoms with van der Waals surface area (Å²) in [6, 6.07) is 6.28. The van der Waals surface area contributed by atoms with Crippen LogP contribution >= 0.6 is 11.3 Å².